The minimum Gasteiger partial charge on any atom is -0.499 e. The van der Waals surface area contributed by atoms with Crippen LogP contribution in [0.5, 0.6) is 0 Å². The number of hydrogen-bond donors (Lipinski definition) is 0. The summed E-state index contributed by atoms with van der Waals surface area (Å²) in [5.74, 6) is 0. The van der Waals surface area contributed by atoms with Crippen LogP contribution in [0.25, 0.3) is 0 Å². The maximum absolute atomic E-state index is 10.0. The molecule has 1 aliphatic rings. The van der Waals surface area contributed by atoms with E-state index >= 15 is 0 Å². The first-order valence-corrected chi connectivity index (χ1v) is 4.22. The lowest BCUT2D eigenvalue weighted by molar-refractivity contribution is -0.135. The maximum atomic E-state index is 10.0. The molecule has 0 spiro atoms. The van der Waals surface area contributed by atoms with Crippen LogP contribution in [0.3, 0.4) is 0 Å². The van der Waals surface area contributed by atoms with Crippen LogP contribution in [0.15, 0.2) is 12.8 Å². The van der Waals surface area contributed by atoms with Gasteiger partial charge in [0.15, 0.2) is 0 Å². The predicted octanol–water partition coefficient (Wildman–Crippen LogP) is 1.63. The molecule has 0 unspecified atom stereocenters. The van der Waals surface area contributed by atoms with Gasteiger partial charge >= 0.3 is 0 Å². The van der Waals surface area contributed by atoms with Crippen LogP contribution in [0.1, 0.15) is 25.7 Å². The molecule has 0 aromatic rings. The van der Waals surface area contributed by atoms with E-state index in [0.29, 0.717) is 6.47 Å². The molecule has 3 heteroatoms. The first-order valence-electron chi connectivity index (χ1n) is 4.22. The van der Waals surface area contributed by atoms with E-state index in [9.17, 15) is 4.79 Å². The Morgan fingerprint density at radius 1 is 1.08 bits per heavy atom. The Morgan fingerprint density at radius 3 is 2.00 bits per heavy atom. The van der Waals surface area contributed by atoms with Gasteiger partial charge in [-0.2, -0.15) is 0 Å². The van der Waals surface area contributed by atoms with E-state index in [1.807, 2.05) is 0 Å². The Kier molecular flexibility index (Phi) is 3.64. The first-order chi connectivity index (χ1) is 5.86. The van der Waals surface area contributed by atoms with Crippen molar-refractivity contribution in [2.24, 2.45) is 0 Å². The van der Waals surface area contributed by atoms with Crippen LogP contribution in [-0.2, 0) is 14.3 Å². The van der Waals surface area contributed by atoms with Crippen molar-refractivity contribution >= 4 is 6.47 Å². The third-order valence-electron chi connectivity index (χ3n) is 2.16. The van der Waals surface area contributed by atoms with Crippen molar-refractivity contribution in [3.63, 3.8) is 0 Å². The smallest absolute Gasteiger partial charge is 0.293 e. The van der Waals surface area contributed by atoms with Gasteiger partial charge in [0, 0.05) is 0 Å². The summed E-state index contributed by atoms with van der Waals surface area (Å²) in [5, 5.41) is 0. The summed E-state index contributed by atoms with van der Waals surface area (Å²) in [5.41, 5.74) is 0. The van der Waals surface area contributed by atoms with Gasteiger partial charge < -0.3 is 9.47 Å². The minimum atomic E-state index is 0.104. The Balaban J connectivity index is 2.19. The highest BCUT2D eigenvalue weighted by atomic mass is 16.5. The molecule has 0 aromatic heterocycles. The topological polar surface area (TPSA) is 35.5 Å². The second-order valence-corrected chi connectivity index (χ2v) is 2.93. The molecule has 0 N–H and O–H groups in total. The largest absolute Gasteiger partial charge is 0.499 e. The van der Waals surface area contributed by atoms with Crippen molar-refractivity contribution in [2.45, 2.75) is 37.9 Å². The quantitative estimate of drug-likeness (QED) is 0.475. The number of carbonyl (C=O) groups excluding carboxylic acids is 1. The van der Waals surface area contributed by atoms with Crippen molar-refractivity contribution in [3.05, 3.63) is 12.8 Å². The van der Waals surface area contributed by atoms with E-state index in [-0.39, 0.29) is 12.2 Å². The van der Waals surface area contributed by atoms with Gasteiger partial charge in [0.1, 0.15) is 6.10 Å². The summed E-state index contributed by atoms with van der Waals surface area (Å²) in [6, 6.07) is 0. The molecule has 0 radical (unpaired) electrons. The summed E-state index contributed by atoms with van der Waals surface area (Å²) < 4.78 is 10.1. The predicted molar refractivity (Wildman–Crippen MR) is 44.5 cm³/mol. The Hall–Kier alpha value is -0.990. The van der Waals surface area contributed by atoms with E-state index in [1.165, 1.54) is 6.26 Å². The summed E-state index contributed by atoms with van der Waals surface area (Å²) in [6.45, 7) is 4.03. The van der Waals surface area contributed by atoms with Gasteiger partial charge in [-0.25, -0.2) is 0 Å². The zero-order chi connectivity index (χ0) is 8.81. The fraction of sp³-hybridized carbons (Fsp3) is 0.667. The van der Waals surface area contributed by atoms with Gasteiger partial charge in [-0.05, 0) is 25.7 Å². The van der Waals surface area contributed by atoms with Crippen molar-refractivity contribution in [1.82, 2.24) is 0 Å². The SMILES string of the molecule is C=COC1CCC(OC=O)CC1. The summed E-state index contributed by atoms with van der Waals surface area (Å²) >= 11 is 0. The zero-order valence-corrected chi connectivity index (χ0v) is 7.07. The molecule has 3 nitrogen and oxygen atoms in total. The molecule has 1 rings (SSSR count). The fourth-order valence-corrected chi connectivity index (χ4v) is 1.52. The second kappa shape index (κ2) is 4.80. The fourth-order valence-electron chi connectivity index (χ4n) is 1.52. The van der Waals surface area contributed by atoms with E-state index in [0.717, 1.165) is 25.7 Å². The average Bonchev–Trinajstić information content (AvgIpc) is 2.09. The molecule has 0 bridgehead atoms. The Morgan fingerprint density at radius 2 is 1.58 bits per heavy atom. The van der Waals surface area contributed by atoms with Gasteiger partial charge in [0.05, 0.1) is 12.4 Å². The van der Waals surface area contributed by atoms with Crippen LogP contribution in [-0.4, -0.2) is 18.7 Å². The molecule has 0 atom stereocenters. The summed E-state index contributed by atoms with van der Waals surface area (Å²) in [4.78, 5) is 10.0. The van der Waals surface area contributed by atoms with Gasteiger partial charge in [-0.15, -0.1) is 0 Å². The lowest BCUT2D eigenvalue weighted by Crippen LogP contribution is -2.25. The molecular weight excluding hydrogens is 156 g/mol. The van der Waals surface area contributed by atoms with Crippen LogP contribution >= 0.6 is 0 Å². The third kappa shape index (κ3) is 2.57. The van der Waals surface area contributed by atoms with Crippen molar-refractivity contribution in [1.29, 1.82) is 0 Å². The lowest BCUT2D eigenvalue weighted by Gasteiger charge is -2.26. The maximum Gasteiger partial charge on any atom is 0.293 e. The van der Waals surface area contributed by atoms with Gasteiger partial charge in [-0.3, -0.25) is 4.79 Å². The summed E-state index contributed by atoms with van der Waals surface area (Å²) in [6.07, 6.45) is 5.55. The highest BCUT2D eigenvalue weighted by Gasteiger charge is 2.21. The monoisotopic (exact) mass is 170 g/mol. The van der Waals surface area contributed by atoms with Crippen LogP contribution in [0.2, 0.25) is 0 Å². The standard InChI is InChI=1S/C9H14O3/c1-2-11-8-3-5-9(6-4-8)12-7-10/h2,7-9H,1,3-6H2. The van der Waals surface area contributed by atoms with E-state index < -0.39 is 0 Å². The highest BCUT2D eigenvalue weighted by molar-refractivity contribution is 5.37. The van der Waals surface area contributed by atoms with Crippen LogP contribution < -0.4 is 0 Å². The third-order valence-corrected chi connectivity index (χ3v) is 2.16. The number of hydrogen-bond acceptors (Lipinski definition) is 3. The van der Waals surface area contributed by atoms with Gasteiger partial charge in [0.2, 0.25) is 0 Å². The Bertz CT molecular complexity index is 130. The van der Waals surface area contributed by atoms with Crippen molar-refractivity contribution in [2.75, 3.05) is 0 Å². The summed E-state index contributed by atoms with van der Waals surface area (Å²) in [7, 11) is 0. The molecule has 12 heavy (non-hydrogen) atoms. The van der Waals surface area contributed by atoms with E-state index in [4.69, 9.17) is 9.47 Å². The van der Waals surface area contributed by atoms with Crippen molar-refractivity contribution < 1.29 is 14.3 Å². The van der Waals surface area contributed by atoms with Crippen LogP contribution in [0, 0.1) is 0 Å². The molecule has 1 aliphatic carbocycles. The van der Waals surface area contributed by atoms with Gasteiger partial charge in [0.25, 0.3) is 6.47 Å². The minimum absolute atomic E-state index is 0.104. The normalized spacial score (nSPS) is 29.0. The van der Waals surface area contributed by atoms with Gasteiger partial charge in [-0.1, -0.05) is 6.58 Å². The molecule has 0 heterocycles. The molecule has 0 amide bonds. The average molecular weight is 170 g/mol. The molecular formula is C9H14O3. The van der Waals surface area contributed by atoms with E-state index in [2.05, 4.69) is 6.58 Å². The molecule has 1 fully saturated rings. The lowest BCUT2D eigenvalue weighted by atomic mass is 9.95. The molecule has 1 saturated carbocycles. The Labute approximate surface area is 72.4 Å². The number of rotatable bonds is 4. The number of ether oxygens (including phenoxy) is 2. The first kappa shape index (κ1) is 9.10. The molecule has 68 valence electrons. The van der Waals surface area contributed by atoms with E-state index in [1.54, 1.807) is 0 Å². The molecule has 0 aliphatic heterocycles. The molecule has 0 aromatic carbocycles. The van der Waals surface area contributed by atoms with Crippen LogP contribution in [0.4, 0.5) is 0 Å². The molecule has 0 saturated heterocycles. The second-order valence-electron chi connectivity index (χ2n) is 2.93. The highest BCUT2D eigenvalue weighted by Crippen LogP contribution is 2.22. The van der Waals surface area contributed by atoms with Crippen molar-refractivity contribution in [3.8, 4) is 0 Å². The number of carbonyl (C=O) groups is 1. The zero-order valence-electron chi connectivity index (χ0n) is 7.07.